The van der Waals surface area contributed by atoms with Crippen molar-refractivity contribution in [2.75, 3.05) is 18.8 Å². The van der Waals surface area contributed by atoms with Crippen molar-refractivity contribution in [2.24, 2.45) is 0 Å². The van der Waals surface area contributed by atoms with Gasteiger partial charge in [-0.15, -0.1) is 0 Å². The van der Waals surface area contributed by atoms with Crippen molar-refractivity contribution in [3.63, 3.8) is 0 Å². The van der Waals surface area contributed by atoms with Gasteiger partial charge in [0.2, 0.25) is 5.91 Å². The lowest BCUT2D eigenvalue weighted by Crippen LogP contribution is -2.53. The molecule has 0 bridgehead atoms. The van der Waals surface area contributed by atoms with Gasteiger partial charge in [-0.25, -0.2) is 8.42 Å². The molecule has 1 aliphatic carbocycles. The van der Waals surface area contributed by atoms with E-state index in [9.17, 15) is 13.2 Å². The highest BCUT2D eigenvalue weighted by atomic mass is 32.2. The third-order valence-corrected chi connectivity index (χ3v) is 4.54. The molecule has 2 N–H and O–H groups in total. The molecule has 1 aliphatic heterocycles. The van der Waals surface area contributed by atoms with Gasteiger partial charge in [-0.1, -0.05) is 0 Å². The number of sulfone groups is 1. The summed E-state index contributed by atoms with van der Waals surface area (Å²) < 4.78 is 23.0. The molecular weight excluding hydrogens is 204 g/mol. The summed E-state index contributed by atoms with van der Waals surface area (Å²) in [5, 5.41) is 5.20. The van der Waals surface area contributed by atoms with Gasteiger partial charge in [0.15, 0.2) is 9.84 Å². The molecule has 0 aromatic heterocycles. The van der Waals surface area contributed by atoms with Crippen LogP contribution in [0.1, 0.15) is 12.8 Å². The second kappa shape index (κ2) is 3.51. The van der Waals surface area contributed by atoms with Gasteiger partial charge in [0.05, 0.1) is 5.25 Å². The minimum absolute atomic E-state index is 0.234. The topological polar surface area (TPSA) is 75.3 Å². The van der Waals surface area contributed by atoms with E-state index < -0.39 is 9.84 Å². The standard InChI is InChI=1S/C8H14N2O3S/c11-8(10-6-1-2-6)5-14(12,13)7-3-9-4-7/h6-7,9H,1-5H2,(H,10,11). The lowest BCUT2D eigenvalue weighted by atomic mass is 10.3. The van der Waals surface area contributed by atoms with Gasteiger partial charge in [0, 0.05) is 19.1 Å². The molecular formula is C8H14N2O3S. The minimum atomic E-state index is -3.22. The monoisotopic (exact) mass is 218 g/mol. The fourth-order valence-corrected chi connectivity index (χ4v) is 2.74. The van der Waals surface area contributed by atoms with Gasteiger partial charge in [-0.2, -0.15) is 0 Å². The number of hydrogen-bond donors (Lipinski definition) is 2. The van der Waals surface area contributed by atoms with E-state index in [1.165, 1.54) is 0 Å². The summed E-state index contributed by atoms with van der Waals surface area (Å²) in [6.07, 6.45) is 1.97. The second-order valence-corrected chi connectivity index (χ2v) is 6.21. The minimum Gasteiger partial charge on any atom is -0.352 e. The maximum atomic E-state index is 11.5. The van der Waals surface area contributed by atoms with Gasteiger partial charge in [0.25, 0.3) is 0 Å². The van der Waals surface area contributed by atoms with Crippen LogP contribution in [0.25, 0.3) is 0 Å². The predicted octanol–water partition coefficient (Wildman–Crippen LogP) is -1.35. The third-order valence-electron chi connectivity index (χ3n) is 2.53. The van der Waals surface area contributed by atoms with E-state index >= 15 is 0 Å². The summed E-state index contributed by atoms with van der Waals surface area (Å²) in [5.74, 6) is -0.699. The first-order valence-corrected chi connectivity index (χ1v) is 6.51. The summed E-state index contributed by atoms with van der Waals surface area (Å²) in [6, 6.07) is 0.234. The highest BCUT2D eigenvalue weighted by Gasteiger charge is 2.34. The molecule has 1 saturated heterocycles. The van der Waals surface area contributed by atoms with Crippen LogP contribution >= 0.6 is 0 Å². The Bertz CT molecular complexity index is 330. The Morgan fingerprint density at radius 3 is 2.43 bits per heavy atom. The summed E-state index contributed by atoms with van der Waals surface area (Å²) >= 11 is 0. The van der Waals surface area contributed by atoms with Crippen molar-refractivity contribution in [1.29, 1.82) is 0 Å². The smallest absolute Gasteiger partial charge is 0.235 e. The van der Waals surface area contributed by atoms with Gasteiger partial charge >= 0.3 is 0 Å². The lowest BCUT2D eigenvalue weighted by Gasteiger charge is -2.26. The molecule has 2 rings (SSSR count). The highest BCUT2D eigenvalue weighted by Crippen LogP contribution is 2.18. The second-order valence-electron chi connectivity index (χ2n) is 3.93. The fourth-order valence-electron chi connectivity index (χ4n) is 1.31. The Balaban J connectivity index is 1.84. The largest absolute Gasteiger partial charge is 0.352 e. The molecule has 0 aromatic rings. The van der Waals surface area contributed by atoms with Crippen LogP contribution in [0.5, 0.6) is 0 Å². The molecule has 6 heteroatoms. The van der Waals surface area contributed by atoms with E-state index in [4.69, 9.17) is 0 Å². The highest BCUT2D eigenvalue weighted by molar-refractivity contribution is 7.92. The molecule has 80 valence electrons. The maximum Gasteiger partial charge on any atom is 0.235 e. The number of nitrogens with one attached hydrogen (secondary N) is 2. The van der Waals surface area contributed by atoms with Crippen LogP contribution in [0.2, 0.25) is 0 Å². The molecule has 2 aliphatic rings. The Morgan fingerprint density at radius 2 is 2.00 bits per heavy atom. The summed E-state index contributed by atoms with van der Waals surface area (Å²) in [5.41, 5.74) is 0. The molecule has 0 unspecified atom stereocenters. The van der Waals surface area contributed by atoms with Gasteiger partial charge in [-0.3, -0.25) is 4.79 Å². The van der Waals surface area contributed by atoms with Crippen LogP contribution in [0.3, 0.4) is 0 Å². The third kappa shape index (κ3) is 2.24. The molecule has 0 aromatic carbocycles. The van der Waals surface area contributed by atoms with Gasteiger partial charge < -0.3 is 10.6 Å². The van der Waals surface area contributed by atoms with Crippen LogP contribution in [-0.2, 0) is 14.6 Å². The number of carbonyl (C=O) groups excluding carboxylic acids is 1. The number of carbonyl (C=O) groups is 1. The first kappa shape index (κ1) is 9.92. The van der Waals surface area contributed by atoms with E-state index in [0.29, 0.717) is 13.1 Å². The van der Waals surface area contributed by atoms with Crippen molar-refractivity contribution < 1.29 is 13.2 Å². The molecule has 1 amide bonds. The Morgan fingerprint density at radius 1 is 1.36 bits per heavy atom. The maximum absolute atomic E-state index is 11.5. The fraction of sp³-hybridized carbons (Fsp3) is 0.875. The lowest BCUT2D eigenvalue weighted by molar-refractivity contribution is -0.118. The summed E-state index contributed by atoms with van der Waals surface area (Å²) in [4.78, 5) is 11.2. The van der Waals surface area contributed by atoms with E-state index in [1.54, 1.807) is 0 Å². The molecule has 1 saturated carbocycles. The molecule has 1 heterocycles. The zero-order valence-corrected chi connectivity index (χ0v) is 8.64. The van der Waals surface area contributed by atoms with Crippen molar-refractivity contribution in [1.82, 2.24) is 10.6 Å². The quantitative estimate of drug-likeness (QED) is 0.612. The first-order chi connectivity index (χ1) is 6.58. The average Bonchev–Trinajstić information content (AvgIpc) is 2.62. The Hall–Kier alpha value is -0.620. The normalized spacial score (nSPS) is 22.9. The SMILES string of the molecule is O=C(CS(=O)(=O)C1CNC1)NC1CC1. The van der Waals surface area contributed by atoms with Crippen molar-refractivity contribution in [2.45, 2.75) is 24.1 Å². The average molecular weight is 218 g/mol. The molecule has 0 spiro atoms. The molecule has 0 radical (unpaired) electrons. The van der Waals surface area contributed by atoms with Gasteiger partial charge in [-0.05, 0) is 12.8 Å². The Labute approximate surface area is 83.2 Å². The number of rotatable bonds is 4. The van der Waals surface area contributed by atoms with E-state index in [1.807, 2.05) is 0 Å². The molecule has 0 atom stereocenters. The van der Waals surface area contributed by atoms with Gasteiger partial charge in [0.1, 0.15) is 5.75 Å². The van der Waals surface area contributed by atoms with Crippen LogP contribution in [0.15, 0.2) is 0 Å². The van der Waals surface area contributed by atoms with Crippen molar-refractivity contribution in [3.05, 3.63) is 0 Å². The molecule has 5 nitrogen and oxygen atoms in total. The zero-order valence-electron chi connectivity index (χ0n) is 7.82. The van der Waals surface area contributed by atoms with E-state index in [0.717, 1.165) is 12.8 Å². The number of hydrogen-bond acceptors (Lipinski definition) is 4. The van der Waals surface area contributed by atoms with Crippen LogP contribution in [-0.4, -0.2) is 44.5 Å². The number of amides is 1. The summed E-state index contributed by atoms with van der Waals surface area (Å²) in [7, 11) is -3.22. The van der Waals surface area contributed by atoms with E-state index in [2.05, 4.69) is 10.6 Å². The first-order valence-electron chi connectivity index (χ1n) is 4.79. The van der Waals surface area contributed by atoms with Crippen molar-refractivity contribution >= 4 is 15.7 Å². The van der Waals surface area contributed by atoms with E-state index in [-0.39, 0.29) is 23.0 Å². The zero-order chi connectivity index (χ0) is 10.2. The van der Waals surface area contributed by atoms with Crippen LogP contribution in [0, 0.1) is 0 Å². The Kier molecular flexibility index (Phi) is 2.48. The predicted molar refractivity (Wildman–Crippen MR) is 51.6 cm³/mol. The summed E-state index contributed by atoms with van der Waals surface area (Å²) in [6.45, 7) is 0.970. The van der Waals surface area contributed by atoms with Crippen molar-refractivity contribution in [3.8, 4) is 0 Å². The van der Waals surface area contributed by atoms with Crippen LogP contribution in [0.4, 0.5) is 0 Å². The molecule has 14 heavy (non-hydrogen) atoms. The van der Waals surface area contributed by atoms with Crippen LogP contribution < -0.4 is 10.6 Å². The molecule has 2 fully saturated rings.